The van der Waals surface area contributed by atoms with Crippen molar-refractivity contribution in [1.29, 1.82) is 0 Å². The lowest BCUT2D eigenvalue weighted by atomic mass is 9.60. The lowest BCUT2D eigenvalue weighted by Gasteiger charge is -2.50. The number of allylic oxidation sites excluding steroid dienone is 1. The van der Waals surface area contributed by atoms with Crippen molar-refractivity contribution in [3.8, 4) is 0 Å². The maximum Gasteiger partial charge on any atom is 0.302 e. The Labute approximate surface area is 170 Å². The van der Waals surface area contributed by atoms with Crippen LogP contribution in [0.1, 0.15) is 34.1 Å². The van der Waals surface area contributed by atoms with Crippen molar-refractivity contribution in [1.82, 2.24) is 0 Å². The SMILES string of the molecule is CC(=O)OCC1(C)C2C3C=C(CO)CC4C(=O)C(C)=CC4C3(O)C(C)C(O)C21O. The normalized spacial score (nSPS) is 50.6. The molecule has 9 atom stereocenters. The number of aliphatic hydroxyl groups is 4. The van der Waals surface area contributed by atoms with Gasteiger partial charge >= 0.3 is 5.97 Å². The lowest BCUT2D eigenvalue weighted by molar-refractivity contribution is -0.192. The molecule has 7 nitrogen and oxygen atoms in total. The van der Waals surface area contributed by atoms with Gasteiger partial charge in [0.25, 0.3) is 0 Å². The van der Waals surface area contributed by atoms with Gasteiger partial charge in [-0.3, -0.25) is 9.59 Å². The Balaban J connectivity index is 1.85. The average Bonchev–Trinajstić information content (AvgIpc) is 3.08. The molecule has 4 N–H and O–H groups in total. The second-order valence-corrected chi connectivity index (χ2v) is 9.68. The molecule has 7 heteroatoms. The highest BCUT2D eigenvalue weighted by Crippen LogP contribution is 2.74. The first-order chi connectivity index (χ1) is 13.4. The molecule has 4 rings (SSSR count). The van der Waals surface area contributed by atoms with E-state index >= 15 is 0 Å². The maximum atomic E-state index is 12.8. The summed E-state index contributed by atoms with van der Waals surface area (Å²) in [6, 6.07) is 0. The number of fused-ring (bicyclic) bond motifs is 5. The molecule has 0 amide bonds. The minimum atomic E-state index is -1.53. The molecule has 0 aromatic rings. The van der Waals surface area contributed by atoms with Crippen LogP contribution in [0.25, 0.3) is 0 Å². The molecule has 0 spiro atoms. The average molecular weight is 406 g/mol. The maximum absolute atomic E-state index is 12.8. The summed E-state index contributed by atoms with van der Waals surface area (Å²) in [4.78, 5) is 24.1. The van der Waals surface area contributed by atoms with Crippen molar-refractivity contribution >= 4 is 11.8 Å². The van der Waals surface area contributed by atoms with Gasteiger partial charge in [0.05, 0.1) is 24.9 Å². The van der Waals surface area contributed by atoms with E-state index in [1.165, 1.54) is 6.92 Å². The standard InChI is InChI=1S/C22H30O7/c1-10-5-15-14(17(10)25)6-13(8-23)7-16-18-20(4,9-29-12(3)24)22(18,28)19(26)11(2)21(15,16)27/h5,7,11,14-16,18-19,23,26-28H,6,8-9H2,1-4H3. The molecule has 0 bridgehead atoms. The fourth-order valence-electron chi connectivity index (χ4n) is 6.65. The van der Waals surface area contributed by atoms with E-state index in [2.05, 4.69) is 0 Å². The van der Waals surface area contributed by atoms with Gasteiger partial charge < -0.3 is 25.2 Å². The smallest absolute Gasteiger partial charge is 0.302 e. The zero-order valence-corrected chi connectivity index (χ0v) is 17.3. The minimum Gasteiger partial charge on any atom is -0.465 e. The number of carbonyl (C=O) groups excluding carboxylic acids is 2. The summed E-state index contributed by atoms with van der Waals surface area (Å²) in [5.41, 5.74) is -2.73. The van der Waals surface area contributed by atoms with Gasteiger partial charge in [-0.2, -0.15) is 0 Å². The molecule has 4 aliphatic rings. The molecule has 0 radical (unpaired) electrons. The monoisotopic (exact) mass is 406 g/mol. The molecule has 0 saturated heterocycles. The number of ether oxygens (including phenoxy) is 1. The summed E-state index contributed by atoms with van der Waals surface area (Å²) >= 11 is 0. The van der Waals surface area contributed by atoms with Gasteiger partial charge in [0.15, 0.2) is 5.78 Å². The Hall–Kier alpha value is -1.54. The Morgan fingerprint density at radius 3 is 2.52 bits per heavy atom. The molecular weight excluding hydrogens is 376 g/mol. The van der Waals surface area contributed by atoms with Crippen molar-refractivity contribution in [3.05, 3.63) is 23.3 Å². The molecule has 4 aliphatic carbocycles. The number of Topliss-reactive ketones (excluding diaryl/α,β-unsaturated/α-hetero) is 1. The fourth-order valence-corrected chi connectivity index (χ4v) is 6.65. The molecule has 2 fully saturated rings. The zero-order valence-electron chi connectivity index (χ0n) is 17.3. The molecule has 29 heavy (non-hydrogen) atoms. The minimum absolute atomic E-state index is 0.0515. The molecular formula is C22H30O7. The Bertz CT molecular complexity index is 831. The van der Waals surface area contributed by atoms with E-state index in [0.717, 1.165) is 0 Å². The van der Waals surface area contributed by atoms with Gasteiger partial charge in [-0.25, -0.2) is 0 Å². The highest BCUT2D eigenvalue weighted by atomic mass is 16.5. The molecule has 160 valence electrons. The topological polar surface area (TPSA) is 124 Å². The van der Waals surface area contributed by atoms with Gasteiger partial charge in [0.1, 0.15) is 5.60 Å². The second kappa shape index (κ2) is 6.23. The number of aliphatic hydroxyl groups excluding tert-OH is 2. The van der Waals surface area contributed by atoms with Crippen LogP contribution in [0, 0.1) is 35.0 Å². The van der Waals surface area contributed by atoms with E-state index in [4.69, 9.17) is 4.74 Å². The van der Waals surface area contributed by atoms with Gasteiger partial charge in [-0.15, -0.1) is 0 Å². The van der Waals surface area contributed by atoms with Crippen molar-refractivity contribution in [2.24, 2.45) is 35.0 Å². The third kappa shape index (κ3) is 2.39. The fraction of sp³-hybridized carbons (Fsp3) is 0.727. The number of esters is 1. The van der Waals surface area contributed by atoms with Crippen LogP contribution in [0.4, 0.5) is 0 Å². The summed E-state index contributed by atoms with van der Waals surface area (Å²) in [5, 5.41) is 44.5. The molecule has 0 heterocycles. The second-order valence-electron chi connectivity index (χ2n) is 9.68. The summed E-state index contributed by atoms with van der Waals surface area (Å²) in [7, 11) is 0. The first-order valence-electron chi connectivity index (χ1n) is 10.2. The zero-order chi connectivity index (χ0) is 21.5. The van der Waals surface area contributed by atoms with E-state index in [1.54, 1.807) is 32.9 Å². The summed E-state index contributed by atoms with van der Waals surface area (Å²) < 4.78 is 5.20. The Morgan fingerprint density at radius 1 is 1.28 bits per heavy atom. The largest absolute Gasteiger partial charge is 0.465 e. The van der Waals surface area contributed by atoms with Gasteiger partial charge in [0, 0.05) is 41.9 Å². The van der Waals surface area contributed by atoms with Crippen LogP contribution in [-0.2, 0) is 14.3 Å². The number of hydrogen-bond donors (Lipinski definition) is 4. The third-order valence-corrected chi connectivity index (χ3v) is 8.34. The Morgan fingerprint density at radius 2 is 1.93 bits per heavy atom. The van der Waals surface area contributed by atoms with Crippen LogP contribution < -0.4 is 0 Å². The van der Waals surface area contributed by atoms with Crippen molar-refractivity contribution in [3.63, 3.8) is 0 Å². The molecule has 2 saturated carbocycles. The van der Waals surface area contributed by atoms with E-state index in [9.17, 15) is 30.0 Å². The molecule has 0 aromatic carbocycles. The van der Waals surface area contributed by atoms with Crippen LogP contribution in [-0.4, -0.2) is 62.7 Å². The highest BCUT2D eigenvalue weighted by Gasteiger charge is 2.85. The number of carbonyl (C=O) groups is 2. The predicted molar refractivity (Wildman–Crippen MR) is 102 cm³/mol. The highest BCUT2D eigenvalue weighted by molar-refractivity contribution is 5.99. The molecule has 9 unspecified atom stereocenters. The first-order valence-corrected chi connectivity index (χ1v) is 10.2. The van der Waals surface area contributed by atoms with Crippen LogP contribution in [0.15, 0.2) is 23.3 Å². The van der Waals surface area contributed by atoms with Crippen LogP contribution in [0.3, 0.4) is 0 Å². The van der Waals surface area contributed by atoms with Gasteiger partial charge in [0.2, 0.25) is 0 Å². The Kier molecular flexibility index (Phi) is 4.45. The van der Waals surface area contributed by atoms with Crippen LogP contribution >= 0.6 is 0 Å². The number of ketones is 1. The van der Waals surface area contributed by atoms with Crippen molar-refractivity contribution < 1.29 is 34.8 Å². The van der Waals surface area contributed by atoms with E-state index in [-0.39, 0.29) is 19.0 Å². The van der Waals surface area contributed by atoms with Gasteiger partial charge in [-0.1, -0.05) is 26.0 Å². The quantitative estimate of drug-likeness (QED) is 0.394. The summed E-state index contributed by atoms with van der Waals surface area (Å²) in [6.07, 6.45) is 2.66. The number of hydrogen-bond acceptors (Lipinski definition) is 7. The van der Waals surface area contributed by atoms with Crippen molar-refractivity contribution in [2.45, 2.75) is 51.4 Å². The van der Waals surface area contributed by atoms with E-state index in [1.807, 2.05) is 0 Å². The van der Waals surface area contributed by atoms with Crippen LogP contribution in [0.2, 0.25) is 0 Å². The van der Waals surface area contributed by atoms with Gasteiger partial charge in [-0.05, 0) is 24.5 Å². The first kappa shape index (κ1) is 20.7. The predicted octanol–water partition coefficient (Wildman–Crippen LogP) is 0.358. The number of rotatable bonds is 3. The molecule has 0 aromatic heterocycles. The van der Waals surface area contributed by atoms with Crippen LogP contribution in [0.5, 0.6) is 0 Å². The summed E-state index contributed by atoms with van der Waals surface area (Å²) in [5.74, 6) is -3.46. The lowest BCUT2D eigenvalue weighted by Crippen LogP contribution is -2.62. The molecule has 0 aliphatic heterocycles. The third-order valence-electron chi connectivity index (χ3n) is 8.34. The van der Waals surface area contributed by atoms with E-state index in [0.29, 0.717) is 17.6 Å². The summed E-state index contributed by atoms with van der Waals surface area (Å²) in [6.45, 7) is 6.12. The van der Waals surface area contributed by atoms with Crippen molar-refractivity contribution in [2.75, 3.05) is 13.2 Å². The van der Waals surface area contributed by atoms with E-state index < -0.39 is 58.3 Å².